The number of nitrogens with zero attached hydrogens (tertiary/aromatic N) is 2. The summed E-state index contributed by atoms with van der Waals surface area (Å²) in [4.78, 5) is 0. The number of rotatable bonds is 4. The molecule has 1 aromatic heterocycles. The normalized spacial score (nSPS) is 22.6. The van der Waals surface area contributed by atoms with Gasteiger partial charge in [0.15, 0.2) is 0 Å². The Morgan fingerprint density at radius 1 is 1.26 bits per heavy atom. The SMILES string of the molecule is CC1CCC(CNc2ccc(-c3nnco3)cc2)O1. The van der Waals surface area contributed by atoms with Crippen LogP contribution in [0.5, 0.6) is 0 Å². The second-order valence-electron chi connectivity index (χ2n) is 4.85. The third-order valence-electron chi connectivity index (χ3n) is 3.35. The molecular weight excluding hydrogens is 242 g/mol. The van der Waals surface area contributed by atoms with Gasteiger partial charge in [0.2, 0.25) is 12.3 Å². The van der Waals surface area contributed by atoms with Crippen LogP contribution in [0.2, 0.25) is 0 Å². The van der Waals surface area contributed by atoms with Crippen LogP contribution in [0.15, 0.2) is 35.1 Å². The highest BCUT2D eigenvalue weighted by Gasteiger charge is 2.21. The van der Waals surface area contributed by atoms with E-state index in [1.165, 1.54) is 6.39 Å². The van der Waals surface area contributed by atoms with Crippen molar-refractivity contribution in [2.75, 3.05) is 11.9 Å². The Labute approximate surface area is 112 Å². The highest BCUT2D eigenvalue weighted by atomic mass is 16.5. The van der Waals surface area contributed by atoms with Gasteiger partial charge in [-0.3, -0.25) is 0 Å². The minimum atomic E-state index is 0.325. The van der Waals surface area contributed by atoms with Gasteiger partial charge >= 0.3 is 0 Å². The Kier molecular flexibility index (Phi) is 3.46. The molecular formula is C14H17N3O2. The predicted molar refractivity (Wildman–Crippen MR) is 71.8 cm³/mol. The minimum Gasteiger partial charge on any atom is -0.423 e. The maximum Gasteiger partial charge on any atom is 0.247 e. The largest absolute Gasteiger partial charge is 0.423 e. The van der Waals surface area contributed by atoms with E-state index in [-0.39, 0.29) is 0 Å². The molecule has 0 bridgehead atoms. The van der Waals surface area contributed by atoms with Crippen molar-refractivity contribution in [3.63, 3.8) is 0 Å². The molecule has 1 saturated heterocycles. The molecule has 1 fully saturated rings. The minimum absolute atomic E-state index is 0.325. The number of benzene rings is 1. The van der Waals surface area contributed by atoms with Gasteiger partial charge < -0.3 is 14.5 Å². The summed E-state index contributed by atoms with van der Waals surface area (Å²) < 4.78 is 10.9. The van der Waals surface area contributed by atoms with Gasteiger partial charge in [0, 0.05) is 17.8 Å². The van der Waals surface area contributed by atoms with Gasteiger partial charge in [0.25, 0.3) is 0 Å². The van der Waals surface area contributed by atoms with E-state index in [0.29, 0.717) is 18.1 Å². The highest BCUT2D eigenvalue weighted by Crippen LogP contribution is 2.21. The van der Waals surface area contributed by atoms with Crippen molar-refractivity contribution in [3.05, 3.63) is 30.7 Å². The fourth-order valence-electron chi connectivity index (χ4n) is 2.30. The van der Waals surface area contributed by atoms with Gasteiger partial charge in [0.1, 0.15) is 0 Å². The van der Waals surface area contributed by atoms with Gasteiger partial charge in [-0.2, -0.15) is 0 Å². The zero-order valence-electron chi connectivity index (χ0n) is 10.9. The molecule has 2 atom stereocenters. The lowest BCUT2D eigenvalue weighted by molar-refractivity contribution is 0.0637. The van der Waals surface area contributed by atoms with Crippen LogP contribution in [-0.2, 0) is 4.74 Å². The lowest BCUT2D eigenvalue weighted by atomic mass is 10.2. The van der Waals surface area contributed by atoms with Crippen LogP contribution < -0.4 is 5.32 Å². The van der Waals surface area contributed by atoms with E-state index in [2.05, 4.69) is 22.4 Å². The van der Waals surface area contributed by atoms with Crippen molar-refractivity contribution in [3.8, 4) is 11.5 Å². The molecule has 3 rings (SSSR count). The number of hydrogen-bond acceptors (Lipinski definition) is 5. The molecule has 1 aromatic carbocycles. The smallest absolute Gasteiger partial charge is 0.247 e. The van der Waals surface area contributed by atoms with E-state index in [9.17, 15) is 0 Å². The Bertz CT molecular complexity index is 510. The van der Waals surface area contributed by atoms with Crippen LogP contribution in [0.25, 0.3) is 11.5 Å². The average Bonchev–Trinajstić information content (AvgIpc) is 3.08. The lowest BCUT2D eigenvalue weighted by Gasteiger charge is -2.13. The molecule has 100 valence electrons. The number of hydrogen-bond donors (Lipinski definition) is 1. The maximum absolute atomic E-state index is 5.77. The van der Waals surface area contributed by atoms with Crippen molar-refractivity contribution >= 4 is 5.69 Å². The molecule has 0 saturated carbocycles. The summed E-state index contributed by atoms with van der Waals surface area (Å²) in [7, 11) is 0. The third-order valence-corrected chi connectivity index (χ3v) is 3.35. The van der Waals surface area contributed by atoms with E-state index in [1.807, 2.05) is 24.3 Å². The van der Waals surface area contributed by atoms with Crippen molar-refractivity contribution in [2.24, 2.45) is 0 Å². The van der Waals surface area contributed by atoms with Crippen molar-refractivity contribution in [1.29, 1.82) is 0 Å². The van der Waals surface area contributed by atoms with E-state index < -0.39 is 0 Å². The topological polar surface area (TPSA) is 60.2 Å². The molecule has 5 heteroatoms. The van der Waals surface area contributed by atoms with Crippen LogP contribution in [0, 0.1) is 0 Å². The first kappa shape index (κ1) is 12.2. The third kappa shape index (κ3) is 2.93. The quantitative estimate of drug-likeness (QED) is 0.914. The molecule has 0 radical (unpaired) electrons. The molecule has 19 heavy (non-hydrogen) atoms. The second-order valence-corrected chi connectivity index (χ2v) is 4.85. The Hall–Kier alpha value is -1.88. The van der Waals surface area contributed by atoms with Crippen LogP contribution in [-0.4, -0.2) is 29.0 Å². The second kappa shape index (κ2) is 5.40. The van der Waals surface area contributed by atoms with Crippen molar-refractivity contribution in [2.45, 2.75) is 32.0 Å². The summed E-state index contributed by atoms with van der Waals surface area (Å²) in [5.41, 5.74) is 2.00. The molecule has 2 heterocycles. The van der Waals surface area contributed by atoms with Crippen LogP contribution in [0.4, 0.5) is 5.69 Å². The van der Waals surface area contributed by atoms with Gasteiger partial charge in [-0.15, -0.1) is 10.2 Å². The van der Waals surface area contributed by atoms with E-state index in [4.69, 9.17) is 9.15 Å². The molecule has 1 aliphatic rings. The highest BCUT2D eigenvalue weighted by molar-refractivity contribution is 5.58. The van der Waals surface area contributed by atoms with E-state index in [0.717, 1.165) is 30.6 Å². The Balaban J connectivity index is 1.57. The molecule has 0 spiro atoms. The molecule has 1 N–H and O–H groups in total. The van der Waals surface area contributed by atoms with Gasteiger partial charge in [-0.05, 0) is 44.0 Å². The summed E-state index contributed by atoms with van der Waals surface area (Å²) in [5.74, 6) is 0.541. The predicted octanol–water partition coefficient (Wildman–Crippen LogP) is 2.72. The first-order chi connectivity index (χ1) is 9.31. The van der Waals surface area contributed by atoms with Crippen LogP contribution in [0.3, 0.4) is 0 Å². The van der Waals surface area contributed by atoms with Gasteiger partial charge in [-0.25, -0.2) is 0 Å². The van der Waals surface area contributed by atoms with Crippen LogP contribution >= 0.6 is 0 Å². The zero-order chi connectivity index (χ0) is 13.1. The molecule has 2 aromatic rings. The number of ether oxygens (including phenoxy) is 1. The average molecular weight is 259 g/mol. The maximum atomic E-state index is 5.77. The Morgan fingerprint density at radius 3 is 2.74 bits per heavy atom. The summed E-state index contributed by atoms with van der Waals surface area (Å²) in [6.45, 7) is 2.98. The van der Waals surface area contributed by atoms with Crippen molar-refractivity contribution in [1.82, 2.24) is 10.2 Å². The summed E-state index contributed by atoms with van der Waals surface area (Å²) >= 11 is 0. The molecule has 0 amide bonds. The van der Waals surface area contributed by atoms with E-state index >= 15 is 0 Å². The number of aromatic nitrogens is 2. The van der Waals surface area contributed by atoms with E-state index in [1.54, 1.807) is 0 Å². The van der Waals surface area contributed by atoms with Crippen LogP contribution in [0.1, 0.15) is 19.8 Å². The first-order valence-electron chi connectivity index (χ1n) is 6.57. The summed E-state index contributed by atoms with van der Waals surface area (Å²) in [5, 5.41) is 10.9. The van der Waals surface area contributed by atoms with Gasteiger partial charge in [-0.1, -0.05) is 0 Å². The monoisotopic (exact) mass is 259 g/mol. The summed E-state index contributed by atoms with van der Waals surface area (Å²) in [6, 6.07) is 7.96. The number of anilines is 1. The molecule has 2 unspecified atom stereocenters. The molecule has 5 nitrogen and oxygen atoms in total. The first-order valence-corrected chi connectivity index (χ1v) is 6.57. The Morgan fingerprint density at radius 2 is 2.11 bits per heavy atom. The van der Waals surface area contributed by atoms with Crippen molar-refractivity contribution < 1.29 is 9.15 Å². The summed E-state index contributed by atoms with van der Waals surface area (Å²) in [6.07, 6.45) is 4.34. The standard InChI is InChI=1S/C14H17N3O2/c1-10-2-7-13(19-10)8-15-12-5-3-11(4-6-12)14-17-16-9-18-14/h3-6,9-10,13,15H,2,7-8H2,1H3. The zero-order valence-corrected chi connectivity index (χ0v) is 10.9. The fourth-order valence-corrected chi connectivity index (χ4v) is 2.30. The lowest BCUT2D eigenvalue weighted by Crippen LogP contribution is -2.19. The van der Waals surface area contributed by atoms with Gasteiger partial charge in [0.05, 0.1) is 12.2 Å². The fraction of sp³-hybridized carbons (Fsp3) is 0.429. The number of nitrogens with one attached hydrogen (secondary N) is 1. The molecule has 0 aliphatic carbocycles. The molecule has 1 aliphatic heterocycles.